The predicted molar refractivity (Wildman–Crippen MR) is 114 cm³/mol. The lowest BCUT2D eigenvalue weighted by Crippen LogP contribution is -2.47. The van der Waals surface area contributed by atoms with Crippen molar-refractivity contribution in [2.24, 2.45) is 0 Å². The van der Waals surface area contributed by atoms with E-state index in [1.807, 2.05) is 6.07 Å². The van der Waals surface area contributed by atoms with Gasteiger partial charge in [-0.2, -0.15) is 0 Å². The molecule has 1 aliphatic carbocycles. The van der Waals surface area contributed by atoms with Gasteiger partial charge < -0.3 is 10.6 Å². The zero-order chi connectivity index (χ0) is 22.1. The average molecular weight is 433 g/mol. The third-order valence-electron chi connectivity index (χ3n) is 5.51. The van der Waals surface area contributed by atoms with Gasteiger partial charge in [0.05, 0.1) is 10.6 Å². The molecule has 2 aromatic rings. The first-order valence-electron chi connectivity index (χ1n) is 9.77. The number of hydrogen-bond acceptors (Lipinski definition) is 4. The summed E-state index contributed by atoms with van der Waals surface area (Å²) < 4.78 is 40.0. The van der Waals surface area contributed by atoms with Crippen LogP contribution < -0.4 is 10.6 Å². The first-order chi connectivity index (χ1) is 14.1. The Morgan fingerprint density at radius 3 is 2.30 bits per heavy atom. The summed E-state index contributed by atoms with van der Waals surface area (Å²) in [7, 11) is -4.02. The highest BCUT2D eigenvalue weighted by Crippen LogP contribution is 2.42. The van der Waals surface area contributed by atoms with Gasteiger partial charge in [0, 0.05) is 12.6 Å². The van der Waals surface area contributed by atoms with Gasteiger partial charge >= 0.3 is 0 Å². The fourth-order valence-electron chi connectivity index (χ4n) is 3.91. The smallest absolute Gasteiger partial charge is 0.246 e. The van der Waals surface area contributed by atoms with Crippen LogP contribution in [0, 0.1) is 19.7 Å². The maximum Gasteiger partial charge on any atom is 0.246 e. The van der Waals surface area contributed by atoms with E-state index in [9.17, 15) is 22.4 Å². The summed E-state index contributed by atoms with van der Waals surface area (Å²) in [5.74, 6) is -1.81. The molecule has 0 aromatic heterocycles. The second-order valence-electron chi connectivity index (χ2n) is 7.80. The summed E-state index contributed by atoms with van der Waals surface area (Å²) >= 11 is 0. The van der Waals surface area contributed by atoms with Gasteiger partial charge in [0.15, 0.2) is 14.6 Å². The van der Waals surface area contributed by atoms with Gasteiger partial charge in [0.1, 0.15) is 5.82 Å². The molecule has 3 rings (SSSR count). The molecule has 30 heavy (non-hydrogen) atoms. The van der Waals surface area contributed by atoms with Crippen LogP contribution in [0.2, 0.25) is 0 Å². The normalized spacial score (nSPS) is 15.6. The Morgan fingerprint density at radius 1 is 1.00 bits per heavy atom. The highest BCUT2D eigenvalue weighted by atomic mass is 32.2. The Morgan fingerprint density at radius 2 is 1.67 bits per heavy atom. The molecule has 2 aromatic carbocycles. The Kier molecular flexibility index (Phi) is 5.99. The molecule has 0 saturated heterocycles. The van der Waals surface area contributed by atoms with Crippen LogP contribution in [-0.4, -0.2) is 25.0 Å². The SMILES string of the molecule is CC(=O)Nc1ccc(F)c(NC(=O)C2(S(=O)(=O)c3cc(C)ccc3C)CCCC2)c1. The number of benzene rings is 2. The molecule has 8 heteroatoms. The summed E-state index contributed by atoms with van der Waals surface area (Å²) in [5.41, 5.74) is 1.48. The lowest BCUT2D eigenvalue weighted by atomic mass is 10.1. The first kappa shape index (κ1) is 22.0. The molecule has 1 aliphatic rings. The second-order valence-corrected chi connectivity index (χ2v) is 10.0. The largest absolute Gasteiger partial charge is 0.326 e. The minimum atomic E-state index is -4.02. The van der Waals surface area contributed by atoms with Crippen molar-refractivity contribution in [1.29, 1.82) is 0 Å². The summed E-state index contributed by atoms with van der Waals surface area (Å²) in [5, 5.41) is 4.99. The lowest BCUT2D eigenvalue weighted by molar-refractivity contribution is -0.118. The van der Waals surface area contributed by atoms with E-state index in [0.717, 1.165) is 11.6 Å². The van der Waals surface area contributed by atoms with Crippen LogP contribution in [0.5, 0.6) is 0 Å². The summed E-state index contributed by atoms with van der Waals surface area (Å²) in [6, 6.07) is 8.88. The van der Waals surface area contributed by atoms with E-state index in [1.54, 1.807) is 26.0 Å². The molecule has 6 nitrogen and oxygen atoms in total. The van der Waals surface area contributed by atoms with Crippen LogP contribution in [0.15, 0.2) is 41.3 Å². The maximum atomic E-state index is 14.3. The molecule has 1 fully saturated rings. The van der Waals surface area contributed by atoms with Gasteiger partial charge in [-0.15, -0.1) is 0 Å². The number of sulfone groups is 1. The Labute approximate surface area is 175 Å². The molecule has 0 radical (unpaired) electrons. The Balaban J connectivity index is 2.02. The number of aryl methyl sites for hydroxylation is 2. The number of carbonyl (C=O) groups is 2. The number of rotatable bonds is 5. The van der Waals surface area contributed by atoms with Crippen molar-refractivity contribution in [2.75, 3.05) is 10.6 Å². The number of amides is 2. The number of halogens is 1. The van der Waals surface area contributed by atoms with Crippen LogP contribution in [-0.2, 0) is 19.4 Å². The molecule has 0 bridgehead atoms. The molecule has 2 amide bonds. The third-order valence-corrected chi connectivity index (χ3v) is 8.15. The number of anilines is 2. The highest BCUT2D eigenvalue weighted by Gasteiger charge is 2.53. The van der Waals surface area contributed by atoms with Gasteiger partial charge in [0.2, 0.25) is 11.8 Å². The Bertz CT molecular complexity index is 1110. The number of carbonyl (C=O) groups excluding carboxylic acids is 2. The van der Waals surface area contributed by atoms with Gasteiger partial charge in [-0.1, -0.05) is 25.0 Å². The van der Waals surface area contributed by atoms with Crippen molar-refractivity contribution in [3.8, 4) is 0 Å². The zero-order valence-electron chi connectivity index (χ0n) is 17.2. The van der Waals surface area contributed by atoms with E-state index in [0.29, 0.717) is 24.1 Å². The van der Waals surface area contributed by atoms with E-state index >= 15 is 0 Å². The lowest BCUT2D eigenvalue weighted by Gasteiger charge is -2.28. The monoisotopic (exact) mass is 432 g/mol. The first-order valence-corrected chi connectivity index (χ1v) is 11.3. The van der Waals surface area contributed by atoms with Gasteiger partial charge in [0.25, 0.3) is 0 Å². The summed E-state index contributed by atoms with van der Waals surface area (Å²) in [6.07, 6.45) is 1.51. The van der Waals surface area contributed by atoms with Crippen molar-refractivity contribution in [2.45, 2.75) is 56.1 Å². The van der Waals surface area contributed by atoms with Crippen LogP contribution in [0.1, 0.15) is 43.7 Å². The molecule has 2 N–H and O–H groups in total. The Hall–Kier alpha value is -2.74. The molecular formula is C22H25FN2O4S. The van der Waals surface area contributed by atoms with Crippen LogP contribution in [0.4, 0.5) is 15.8 Å². The van der Waals surface area contributed by atoms with Gasteiger partial charge in [-0.05, 0) is 62.1 Å². The molecule has 160 valence electrons. The van der Waals surface area contributed by atoms with Crippen LogP contribution in [0.3, 0.4) is 0 Å². The van der Waals surface area contributed by atoms with Crippen LogP contribution in [0.25, 0.3) is 0 Å². The molecule has 1 saturated carbocycles. The molecular weight excluding hydrogens is 407 g/mol. The summed E-state index contributed by atoms with van der Waals surface area (Å²) in [4.78, 5) is 24.7. The molecule has 0 atom stereocenters. The van der Waals surface area contributed by atoms with Crippen molar-refractivity contribution in [1.82, 2.24) is 0 Å². The quantitative estimate of drug-likeness (QED) is 0.743. The van der Waals surface area contributed by atoms with Crippen molar-refractivity contribution in [3.63, 3.8) is 0 Å². The topological polar surface area (TPSA) is 92.3 Å². The molecule has 0 heterocycles. The van der Waals surface area contributed by atoms with Crippen molar-refractivity contribution < 1.29 is 22.4 Å². The zero-order valence-corrected chi connectivity index (χ0v) is 18.0. The minimum absolute atomic E-state index is 0.131. The maximum absolute atomic E-state index is 14.3. The van der Waals surface area contributed by atoms with Gasteiger partial charge in [-0.25, -0.2) is 12.8 Å². The average Bonchev–Trinajstić information content (AvgIpc) is 3.18. The van der Waals surface area contributed by atoms with E-state index in [-0.39, 0.29) is 29.3 Å². The molecule has 0 spiro atoms. The fraction of sp³-hybridized carbons (Fsp3) is 0.364. The number of hydrogen-bond donors (Lipinski definition) is 2. The van der Waals surface area contributed by atoms with Crippen LogP contribution >= 0.6 is 0 Å². The molecule has 0 aliphatic heterocycles. The van der Waals surface area contributed by atoms with Crippen molar-refractivity contribution in [3.05, 3.63) is 53.3 Å². The third kappa shape index (κ3) is 3.96. The fourth-order valence-corrected chi connectivity index (χ4v) is 6.28. The minimum Gasteiger partial charge on any atom is -0.326 e. The summed E-state index contributed by atoms with van der Waals surface area (Å²) in [6.45, 7) is 4.80. The van der Waals surface area contributed by atoms with E-state index < -0.39 is 26.3 Å². The second kappa shape index (κ2) is 8.18. The van der Waals surface area contributed by atoms with E-state index in [1.165, 1.54) is 19.1 Å². The van der Waals surface area contributed by atoms with Crippen molar-refractivity contribution >= 4 is 33.0 Å². The van der Waals surface area contributed by atoms with E-state index in [2.05, 4.69) is 10.6 Å². The van der Waals surface area contributed by atoms with Gasteiger partial charge in [-0.3, -0.25) is 9.59 Å². The molecule has 0 unspecified atom stereocenters. The standard InChI is InChI=1S/C22H25FN2O4S/c1-14-6-7-15(2)20(12-14)30(28,29)22(10-4-5-11-22)21(27)25-19-13-17(24-16(3)26)8-9-18(19)23/h6-9,12-13H,4-5,10-11H2,1-3H3,(H,24,26)(H,25,27). The predicted octanol–water partition coefficient (Wildman–Crippen LogP) is 4.13. The number of nitrogens with one attached hydrogen (secondary N) is 2. The van der Waals surface area contributed by atoms with E-state index in [4.69, 9.17) is 0 Å². The highest BCUT2D eigenvalue weighted by molar-refractivity contribution is 7.93.